The first-order valence-corrected chi connectivity index (χ1v) is 7.56. The van der Waals surface area contributed by atoms with Gasteiger partial charge in [0.15, 0.2) is 17.5 Å². The number of nitrogens with one attached hydrogen (secondary N) is 2. The van der Waals surface area contributed by atoms with Gasteiger partial charge in [0, 0.05) is 12.6 Å². The van der Waals surface area contributed by atoms with E-state index in [0.717, 1.165) is 24.5 Å². The van der Waals surface area contributed by atoms with Crippen LogP contribution in [0.5, 0.6) is 5.75 Å². The molecular formula is C16H26FN3O. The maximum Gasteiger partial charge on any atom is 0.191 e. The van der Waals surface area contributed by atoms with Crippen molar-refractivity contribution in [1.29, 1.82) is 0 Å². The number of ether oxygens (including phenoxy) is 1. The monoisotopic (exact) mass is 295 g/mol. The molecule has 0 fully saturated rings. The quantitative estimate of drug-likeness (QED) is 0.600. The topological polar surface area (TPSA) is 45.7 Å². The summed E-state index contributed by atoms with van der Waals surface area (Å²) < 4.78 is 19.0. The average Bonchev–Trinajstić information content (AvgIpc) is 2.47. The van der Waals surface area contributed by atoms with Gasteiger partial charge in [-0.25, -0.2) is 9.38 Å². The first-order chi connectivity index (χ1) is 10.1. The predicted molar refractivity (Wildman–Crippen MR) is 85.3 cm³/mol. The Bertz CT molecular complexity index is 463. The zero-order valence-corrected chi connectivity index (χ0v) is 13.4. The van der Waals surface area contributed by atoms with Crippen molar-refractivity contribution in [3.63, 3.8) is 0 Å². The number of rotatable bonds is 7. The van der Waals surface area contributed by atoms with Crippen molar-refractivity contribution in [3.05, 3.63) is 29.6 Å². The van der Waals surface area contributed by atoms with Crippen LogP contribution in [-0.2, 0) is 6.54 Å². The standard InChI is InChI=1S/C16H26FN3O/c1-5-12(4)20-16(18-6-2)19-11-13-8-9-15(21-7-3)14(17)10-13/h8-10,12H,5-7,11H2,1-4H3,(H2,18,19,20). The lowest BCUT2D eigenvalue weighted by Gasteiger charge is -2.16. The Kier molecular flexibility index (Phi) is 7.58. The summed E-state index contributed by atoms with van der Waals surface area (Å²) >= 11 is 0. The van der Waals surface area contributed by atoms with Crippen LogP contribution in [0.3, 0.4) is 0 Å². The number of hydrogen-bond acceptors (Lipinski definition) is 2. The third-order valence-corrected chi connectivity index (χ3v) is 3.06. The van der Waals surface area contributed by atoms with Crippen molar-refractivity contribution >= 4 is 5.96 Å². The Hall–Kier alpha value is -1.78. The summed E-state index contributed by atoms with van der Waals surface area (Å²) in [6, 6.07) is 5.31. The molecule has 0 spiro atoms. The molecule has 0 heterocycles. The zero-order chi connectivity index (χ0) is 15.7. The third kappa shape index (κ3) is 6.02. The number of hydrogen-bond donors (Lipinski definition) is 2. The van der Waals surface area contributed by atoms with Crippen molar-refractivity contribution in [2.45, 2.75) is 46.7 Å². The summed E-state index contributed by atoms with van der Waals surface area (Å²) in [5.41, 5.74) is 0.817. The summed E-state index contributed by atoms with van der Waals surface area (Å²) in [4.78, 5) is 4.48. The van der Waals surface area contributed by atoms with Gasteiger partial charge in [0.1, 0.15) is 0 Å². The Morgan fingerprint density at radius 3 is 2.67 bits per heavy atom. The molecule has 0 saturated carbocycles. The highest BCUT2D eigenvalue weighted by Gasteiger charge is 2.05. The molecular weight excluding hydrogens is 269 g/mol. The van der Waals surface area contributed by atoms with Gasteiger partial charge >= 0.3 is 0 Å². The molecule has 1 rings (SSSR count). The second kappa shape index (κ2) is 9.21. The van der Waals surface area contributed by atoms with Gasteiger partial charge in [-0.3, -0.25) is 0 Å². The van der Waals surface area contributed by atoms with Crippen molar-refractivity contribution < 1.29 is 9.13 Å². The molecule has 1 atom stereocenters. The van der Waals surface area contributed by atoms with Crippen LogP contribution in [0.1, 0.15) is 39.7 Å². The van der Waals surface area contributed by atoms with Gasteiger partial charge in [-0.2, -0.15) is 0 Å². The minimum atomic E-state index is -0.343. The largest absolute Gasteiger partial charge is 0.491 e. The molecule has 0 aliphatic rings. The fourth-order valence-corrected chi connectivity index (χ4v) is 1.74. The van der Waals surface area contributed by atoms with Crippen LogP contribution < -0.4 is 15.4 Å². The van der Waals surface area contributed by atoms with Crippen LogP contribution in [0, 0.1) is 5.82 Å². The van der Waals surface area contributed by atoms with E-state index in [-0.39, 0.29) is 11.6 Å². The van der Waals surface area contributed by atoms with E-state index >= 15 is 0 Å². The molecule has 4 nitrogen and oxygen atoms in total. The lowest BCUT2D eigenvalue weighted by Crippen LogP contribution is -2.41. The van der Waals surface area contributed by atoms with E-state index in [1.165, 1.54) is 6.07 Å². The first-order valence-electron chi connectivity index (χ1n) is 7.56. The summed E-state index contributed by atoms with van der Waals surface area (Å²) in [6.45, 7) is 9.74. The highest BCUT2D eigenvalue weighted by atomic mass is 19.1. The molecule has 0 amide bonds. The lowest BCUT2D eigenvalue weighted by molar-refractivity contribution is 0.321. The zero-order valence-electron chi connectivity index (χ0n) is 13.4. The maximum absolute atomic E-state index is 13.8. The summed E-state index contributed by atoms with van der Waals surface area (Å²) in [5.74, 6) is 0.695. The molecule has 0 aromatic heterocycles. The summed E-state index contributed by atoms with van der Waals surface area (Å²) in [5, 5.41) is 6.49. The van der Waals surface area contributed by atoms with Gasteiger partial charge in [0.05, 0.1) is 13.2 Å². The van der Waals surface area contributed by atoms with E-state index in [4.69, 9.17) is 4.74 Å². The third-order valence-electron chi connectivity index (χ3n) is 3.06. The van der Waals surface area contributed by atoms with Crippen molar-refractivity contribution in [2.24, 2.45) is 4.99 Å². The summed E-state index contributed by atoms with van der Waals surface area (Å²) in [7, 11) is 0. The Balaban J connectivity index is 2.73. The van der Waals surface area contributed by atoms with Crippen LogP contribution in [-0.4, -0.2) is 25.2 Å². The highest BCUT2D eigenvalue weighted by molar-refractivity contribution is 5.80. The van der Waals surface area contributed by atoms with Crippen LogP contribution >= 0.6 is 0 Å². The molecule has 2 N–H and O–H groups in total. The van der Waals surface area contributed by atoms with Gasteiger partial charge in [-0.1, -0.05) is 13.0 Å². The SMILES string of the molecule is CCNC(=NCc1ccc(OCC)c(F)c1)NC(C)CC. The Labute approximate surface area is 126 Å². The van der Waals surface area contributed by atoms with Gasteiger partial charge < -0.3 is 15.4 Å². The van der Waals surface area contributed by atoms with E-state index in [0.29, 0.717) is 19.2 Å². The van der Waals surface area contributed by atoms with Gasteiger partial charge in [0.25, 0.3) is 0 Å². The van der Waals surface area contributed by atoms with E-state index in [1.54, 1.807) is 6.07 Å². The van der Waals surface area contributed by atoms with Crippen molar-refractivity contribution in [1.82, 2.24) is 10.6 Å². The fourth-order valence-electron chi connectivity index (χ4n) is 1.74. The molecule has 1 aromatic carbocycles. The second-order valence-corrected chi connectivity index (χ2v) is 4.85. The van der Waals surface area contributed by atoms with Crippen molar-refractivity contribution in [3.8, 4) is 5.75 Å². The molecule has 1 unspecified atom stereocenters. The molecule has 21 heavy (non-hydrogen) atoms. The number of aliphatic imine (C=N–C) groups is 1. The Morgan fingerprint density at radius 2 is 2.10 bits per heavy atom. The van der Waals surface area contributed by atoms with Gasteiger partial charge in [-0.15, -0.1) is 0 Å². The van der Waals surface area contributed by atoms with Crippen LogP contribution in [0.2, 0.25) is 0 Å². The molecule has 0 bridgehead atoms. The molecule has 5 heteroatoms. The van der Waals surface area contributed by atoms with Crippen LogP contribution in [0.15, 0.2) is 23.2 Å². The fraction of sp³-hybridized carbons (Fsp3) is 0.562. The van der Waals surface area contributed by atoms with Crippen LogP contribution in [0.4, 0.5) is 4.39 Å². The highest BCUT2D eigenvalue weighted by Crippen LogP contribution is 2.18. The van der Waals surface area contributed by atoms with Crippen molar-refractivity contribution in [2.75, 3.05) is 13.2 Å². The average molecular weight is 295 g/mol. The summed E-state index contributed by atoms with van der Waals surface area (Å²) in [6.07, 6.45) is 1.02. The molecule has 0 radical (unpaired) electrons. The van der Waals surface area contributed by atoms with E-state index in [2.05, 4.69) is 29.5 Å². The lowest BCUT2D eigenvalue weighted by atomic mass is 10.2. The van der Waals surface area contributed by atoms with E-state index in [9.17, 15) is 4.39 Å². The second-order valence-electron chi connectivity index (χ2n) is 4.85. The number of halogens is 1. The first kappa shape index (κ1) is 17.3. The number of guanidine groups is 1. The molecule has 0 aliphatic carbocycles. The predicted octanol–water partition coefficient (Wildman–Crippen LogP) is 3.08. The maximum atomic E-state index is 13.8. The Morgan fingerprint density at radius 1 is 1.33 bits per heavy atom. The molecule has 0 aliphatic heterocycles. The molecule has 118 valence electrons. The van der Waals surface area contributed by atoms with E-state index < -0.39 is 0 Å². The smallest absolute Gasteiger partial charge is 0.191 e. The van der Waals surface area contributed by atoms with E-state index in [1.807, 2.05) is 19.9 Å². The molecule has 0 saturated heterocycles. The number of nitrogens with zero attached hydrogens (tertiary/aromatic N) is 1. The van der Waals surface area contributed by atoms with Crippen LogP contribution in [0.25, 0.3) is 0 Å². The number of benzene rings is 1. The normalized spacial score (nSPS) is 12.9. The van der Waals surface area contributed by atoms with Gasteiger partial charge in [-0.05, 0) is 44.9 Å². The molecule has 1 aromatic rings. The minimum absolute atomic E-state index is 0.287. The minimum Gasteiger partial charge on any atom is -0.491 e. The van der Waals surface area contributed by atoms with Gasteiger partial charge in [0.2, 0.25) is 0 Å².